The molecule has 3 nitrogen and oxygen atoms in total. The molecule has 4 aromatic rings. The molecule has 0 fully saturated rings. The van der Waals surface area contributed by atoms with Crippen LogP contribution in [0.5, 0.6) is 5.75 Å². The van der Waals surface area contributed by atoms with Crippen molar-refractivity contribution < 1.29 is 18.3 Å². The molecule has 0 atom stereocenters. The highest BCUT2D eigenvalue weighted by molar-refractivity contribution is 8.13. The van der Waals surface area contributed by atoms with Crippen LogP contribution >= 0.6 is 23.4 Å². The van der Waals surface area contributed by atoms with Gasteiger partial charge in [0, 0.05) is 18.0 Å². The third kappa shape index (κ3) is 7.54. The monoisotopic (exact) mass is 540 g/mol. The number of phenols is 1. The van der Waals surface area contributed by atoms with Gasteiger partial charge >= 0.3 is 6.18 Å². The van der Waals surface area contributed by atoms with E-state index in [-0.39, 0.29) is 16.5 Å². The predicted molar refractivity (Wildman–Crippen MR) is 144 cm³/mol. The van der Waals surface area contributed by atoms with E-state index in [1.165, 1.54) is 23.9 Å². The van der Waals surface area contributed by atoms with E-state index in [2.05, 4.69) is 0 Å². The van der Waals surface area contributed by atoms with E-state index in [1.807, 2.05) is 72.5 Å². The highest BCUT2D eigenvalue weighted by Gasteiger charge is 2.33. The van der Waals surface area contributed by atoms with E-state index in [9.17, 15) is 18.3 Å². The lowest BCUT2D eigenvalue weighted by Crippen LogP contribution is -2.28. The largest absolute Gasteiger partial charge is 0.508 e. The average molecular weight is 541 g/mol. The Morgan fingerprint density at radius 3 is 2.27 bits per heavy atom. The summed E-state index contributed by atoms with van der Waals surface area (Å²) in [4.78, 5) is 7.58. The van der Waals surface area contributed by atoms with Crippen molar-refractivity contribution in [2.24, 2.45) is 4.99 Å². The number of halogens is 4. The van der Waals surface area contributed by atoms with E-state index in [1.54, 1.807) is 18.2 Å². The number of nitrogens with zero attached hydrogens (tertiary/aromatic N) is 2. The second kappa shape index (κ2) is 11.8. The van der Waals surface area contributed by atoms with E-state index in [4.69, 9.17) is 16.6 Å². The summed E-state index contributed by atoms with van der Waals surface area (Å²) in [5, 5.41) is 10.1. The number of alkyl halides is 3. The molecule has 0 aliphatic rings. The number of phenolic OH excluding ortho intramolecular Hbond substituents is 1. The van der Waals surface area contributed by atoms with Gasteiger partial charge in [-0.25, -0.2) is 4.99 Å². The van der Waals surface area contributed by atoms with Gasteiger partial charge in [-0.3, -0.25) is 0 Å². The number of hydrogen-bond acceptors (Lipinski definition) is 3. The van der Waals surface area contributed by atoms with Gasteiger partial charge in [0.05, 0.1) is 16.3 Å². The summed E-state index contributed by atoms with van der Waals surface area (Å²) in [6, 6.07) is 28.1. The van der Waals surface area contributed by atoms with Crippen LogP contribution in [0.15, 0.2) is 107 Å². The lowest BCUT2D eigenvalue weighted by atomic mass is 10.1. The van der Waals surface area contributed by atoms with Crippen LogP contribution < -0.4 is 0 Å². The first kappa shape index (κ1) is 26.6. The van der Waals surface area contributed by atoms with Crippen LogP contribution in [-0.2, 0) is 19.3 Å². The molecule has 8 heteroatoms. The maximum Gasteiger partial charge on any atom is 0.417 e. The van der Waals surface area contributed by atoms with Crippen molar-refractivity contribution in [3.8, 4) is 5.75 Å². The molecule has 0 bridgehead atoms. The Morgan fingerprint density at radius 2 is 1.57 bits per heavy atom. The normalized spacial score (nSPS) is 12.0. The molecule has 0 radical (unpaired) electrons. The lowest BCUT2D eigenvalue weighted by molar-refractivity contribution is -0.137. The van der Waals surface area contributed by atoms with E-state index < -0.39 is 11.7 Å². The van der Waals surface area contributed by atoms with Crippen LogP contribution in [0.1, 0.15) is 22.3 Å². The standard InChI is InChI=1S/C29H24ClF3N2OS/c1-20-7-5-12-25(15-20)37-28(34-23-13-14-27(30)26(17-23)29(31,32)33)35(18-21-8-3-2-4-9-21)19-22-10-6-11-24(36)16-22/h2-17,36H,18-19H2,1H3. The zero-order valence-electron chi connectivity index (χ0n) is 19.9. The Hall–Kier alpha value is -3.42. The molecule has 0 amide bonds. The molecule has 37 heavy (non-hydrogen) atoms. The molecule has 0 saturated heterocycles. The van der Waals surface area contributed by atoms with Crippen LogP contribution in [0.2, 0.25) is 5.02 Å². The molecular weight excluding hydrogens is 517 g/mol. The van der Waals surface area contributed by atoms with Gasteiger partial charge in [-0.05, 0) is 60.5 Å². The molecule has 4 rings (SSSR count). The highest BCUT2D eigenvalue weighted by Crippen LogP contribution is 2.37. The van der Waals surface area contributed by atoms with Crippen LogP contribution in [-0.4, -0.2) is 15.2 Å². The quantitative estimate of drug-likeness (QED) is 0.151. The number of amidine groups is 1. The minimum absolute atomic E-state index is 0.134. The molecule has 0 unspecified atom stereocenters. The molecule has 190 valence electrons. The van der Waals surface area contributed by atoms with Gasteiger partial charge in [0.1, 0.15) is 5.75 Å². The Labute approximate surface area is 223 Å². The van der Waals surface area contributed by atoms with Crippen molar-refractivity contribution >= 4 is 34.2 Å². The summed E-state index contributed by atoms with van der Waals surface area (Å²) in [6.45, 7) is 2.80. The van der Waals surface area contributed by atoms with Gasteiger partial charge < -0.3 is 10.0 Å². The fraction of sp³-hybridized carbons (Fsp3) is 0.138. The zero-order chi connectivity index (χ0) is 26.4. The van der Waals surface area contributed by atoms with E-state index in [0.29, 0.717) is 18.3 Å². The average Bonchev–Trinajstić information content (AvgIpc) is 2.84. The molecule has 0 saturated carbocycles. The minimum Gasteiger partial charge on any atom is -0.508 e. The molecule has 0 heterocycles. The third-order valence-corrected chi connectivity index (χ3v) is 6.80. The first-order chi connectivity index (χ1) is 17.7. The predicted octanol–water partition coefficient (Wildman–Crippen LogP) is 8.86. The maximum atomic E-state index is 13.6. The number of rotatable bonds is 6. The van der Waals surface area contributed by atoms with Crippen molar-refractivity contribution in [1.29, 1.82) is 0 Å². The zero-order valence-corrected chi connectivity index (χ0v) is 21.5. The van der Waals surface area contributed by atoms with Gasteiger partial charge in [0.15, 0.2) is 5.17 Å². The summed E-state index contributed by atoms with van der Waals surface area (Å²) < 4.78 is 40.7. The number of thioether (sulfide) groups is 1. The number of benzene rings is 4. The van der Waals surface area contributed by atoms with Gasteiger partial charge in [-0.2, -0.15) is 13.2 Å². The first-order valence-corrected chi connectivity index (χ1v) is 12.6. The number of aromatic hydroxyl groups is 1. The van der Waals surface area contributed by atoms with Crippen LogP contribution in [0.3, 0.4) is 0 Å². The lowest BCUT2D eigenvalue weighted by Gasteiger charge is -2.26. The van der Waals surface area contributed by atoms with Gasteiger partial charge in [-0.1, -0.05) is 83.5 Å². The number of hydrogen-bond donors (Lipinski definition) is 1. The second-order valence-corrected chi connectivity index (χ2v) is 9.93. The Kier molecular flexibility index (Phi) is 8.46. The summed E-state index contributed by atoms with van der Waals surface area (Å²) >= 11 is 7.21. The Bertz CT molecular complexity index is 1390. The molecule has 0 aliphatic carbocycles. The molecule has 0 aliphatic heterocycles. The summed E-state index contributed by atoms with van der Waals surface area (Å²) in [6.07, 6.45) is -4.60. The van der Waals surface area contributed by atoms with Crippen LogP contribution in [0.25, 0.3) is 0 Å². The highest BCUT2D eigenvalue weighted by atomic mass is 35.5. The van der Waals surface area contributed by atoms with Crippen molar-refractivity contribution in [2.45, 2.75) is 31.1 Å². The van der Waals surface area contributed by atoms with Gasteiger partial charge in [-0.15, -0.1) is 0 Å². The van der Waals surface area contributed by atoms with Crippen molar-refractivity contribution in [1.82, 2.24) is 4.90 Å². The summed E-state index contributed by atoms with van der Waals surface area (Å²) in [5.74, 6) is 0.134. The van der Waals surface area contributed by atoms with Gasteiger partial charge in [0.2, 0.25) is 0 Å². The topological polar surface area (TPSA) is 35.8 Å². The van der Waals surface area contributed by atoms with Crippen LogP contribution in [0, 0.1) is 6.92 Å². The molecule has 1 N–H and O–H groups in total. The molecule has 0 spiro atoms. The van der Waals surface area contributed by atoms with E-state index >= 15 is 0 Å². The molecule has 4 aromatic carbocycles. The number of aliphatic imine (C=N–C) groups is 1. The summed E-state index contributed by atoms with van der Waals surface area (Å²) in [5.41, 5.74) is 2.10. The van der Waals surface area contributed by atoms with Crippen molar-refractivity contribution in [2.75, 3.05) is 0 Å². The number of aryl methyl sites for hydroxylation is 1. The smallest absolute Gasteiger partial charge is 0.417 e. The Morgan fingerprint density at radius 1 is 0.865 bits per heavy atom. The molecular formula is C29H24ClF3N2OS. The minimum atomic E-state index is -4.60. The van der Waals surface area contributed by atoms with E-state index in [0.717, 1.165) is 27.7 Å². The maximum absolute atomic E-state index is 13.6. The van der Waals surface area contributed by atoms with Crippen molar-refractivity contribution in [3.63, 3.8) is 0 Å². The van der Waals surface area contributed by atoms with Crippen LogP contribution in [0.4, 0.5) is 18.9 Å². The summed E-state index contributed by atoms with van der Waals surface area (Å²) in [7, 11) is 0. The molecule has 0 aromatic heterocycles. The fourth-order valence-electron chi connectivity index (χ4n) is 3.72. The third-order valence-electron chi connectivity index (χ3n) is 5.45. The van der Waals surface area contributed by atoms with Gasteiger partial charge in [0.25, 0.3) is 0 Å². The fourth-order valence-corrected chi connectivity index (χ4v) is 4.96. The first-order valence-electron chi connectivity index (χ1n) is 11.4. The SMILES string of the molecule is Cc1cccc(SC(=Nc2ccc(Cl)c(C(F)(F)F)c2)N(Cc2ccccc2)Cc2cccc(O)c2)c1. The van der Waals surface area contributed by atoms with Crippen molar-refractivity contribution in [3.05, 3.63) is 124 Å². The second-order valence-electron chi connectivity index (χ2n) is 8.49. The Balaban J connectivity index is 1.81.